The van der Waals surface area contributed by atoms with Gasteiger partial charge in [0.2, 0.25) is 0 Å². The first-order valence-corrected chi connectivity index (χ1v) is 4.96. The number of carboxylic acids is 1. The summed E-state index contributed by atoms with van der Waals surface area (Å²) in [5.41, 5.74) is -1.10. The maximum Gasteiger partial charge on any atom is 0.416 e. The molecule has 1 aromatic carbocycles. The zero-order valence-corrected chi connectivity index (χ0v) is 9.69. The molecule has 0 bridgehead atoms. The molecule has 0 saturated carbocycles. The number of hydrogen-bond acceptors (Lipinski definition) is 3. The van der Waals surface area contributed by atoms with Crippen molar-refractivity contribution in [1.29, 1.82) is 0 Å². The number of rotatable bonds is 4. The van der Waals surface area contributed by atoms with Gasteiger partial charge in [0.1, 0.15) is 5.75 Å². The standard InChI is InChI=1S/C12H9F3O4/c1-19-10-6-7(12(13,14)15)2-3-8(10)9(16)4-5-11(17)18/h2-6H,1H3,(H,17,18)/b5-4+. The second-order valence-corrected chi connectivity index (χ2v) is 3.45. The molecule has 0 aliphatic heterocycles. The number of carbonyl (C=O) groups is 2. The lowest BCUT2D eigenvalue weighted by molar-refractivity contribution is -0.137. The van der Waals surface area contributed by atoms with E-state index in [9.17, 15) is 22.8 Å². The van der Waals surface area contributed by atoms with Crippen LogP contribution in [0.5, 0.6) is 5.75 Å². The minimum Gasteiger partial charge on any atom is -0.496 e. The largest absolute Gasteiger partial charge is 0.496 e. The number of halogens is 3. The van der Waals surface area contributed by atoms with E-state index in [0.717, 1.165) is 25.3 Å². The summed E-state index contributed by atoms with van der Waals surface area (Å²) < 4.78 is 42.1. The molecule has 19 heavy (non-hydrogen) atoms. The van der Waals surface area contributed by atoms with Crippen molar-refractivity contribution in [2.75, 3.05) is 7.11 Å². The molecule has 1 N–H and O–H groups in total. The van der Waals surface area contributed by atoms with Gasteiger partial charge in [-0.3, -0.25) is 4.79 Å². The molecule has 0 fully saturated rings. The SMILES string of the molecule is COc1cc(C(F)(F)F)ccc1C(=O)/C=C/C(=O)O. The highest BCUT2D eigenvalue weighted by molar-refractivity contribution is 6.08. The Balaban J connectivity index is 3.16. The summed E-state index contributed by atoms with van der Waals surface area (Å²) in [6.07, 6.45) is -3.21. The molecular formula is C12H9F3O4. The predicted molar refractivity (Wildman–Crippen MR) is 59.1 cm³/mol. The van der Waals surface area contributed by atoms with Crippen molar-refractivity contribution in [3.8, 4) is 5.75 Å². The topological polar surface area (TPSA) is 63.6 Å². The van der Waals surface area contributed by atoms with Crippen LogP contribution in [0, 0.1) is 0 Å². The lowest BCUT2D eigenvalue weighted by Gasteiger charge is -2.10. The lowest BCUT2D eigenvalue weighted by Crippen LogP contribution is -2.07. The Labute approximate surface area is 106 Å². The number of carbonyl (C=O) groups excluding carboxylic acids is 1. The van der Waals surface area contributed by atoms with Gasteiger partial charge in [0, 0.05) is 6.08 Å². The van der Waals surface area contributed by atoms with Gasteiger partial charge < -0.3 is 9.84 Å². The minimum absolute atomic E-state index is 0.145. The number of hydrogen-bond donors (Lipinski definition) is 1. The minimum atomic E-state index is -4.55. The maximum atomic E-state index is 12.5. The third-order valence-electron chi connectivity index (χ3n) is 2.17. The Kier molecular flexibility index (Phi) is 4.31. The smallest absolute Gasteiger partial charge is 0.416 e. The molecule has 0 saturated heterocycles. The summed E-state index contributed by atoms with van der Waals surface area (Å²) in [6, 6.07) is 2.35. The second-order valence-electron chi connectivity index (χ2n) is 3.45. The molecule has 4 nitrogen and oxygen atoms in total. The predicted octanol–water partition coefficient (Wildman–Crippen LogP) is 2.54. The normalized spacial score (nSPS) is 11.6. The van der Waals surface area contributed by atoms with E-state index in [0.29, 0.717) is 12.1 Å². The Bertz CT molecular complexity index is 532. The monoisotopic (exact) mass is 274 g/mol. The first kappa shape index (κ1) is 14.7. The zero-order chi connectivity index (χ0) is 14.6. The van der Waals surface area contributed by atoms with Crippen molar-refractivity contribution in [3.05, 3.63) is 41.5 Å². The van der Waals surface area contributed by atoms with Crippen LogP contribution in [-0.2, 0) is 11.0 Å². The Morgan fingerprint density at radius 1 is 1.26 bits per heavy atom. The van der Waals surface area contributed by atoms with Crippen molar-refractivity contribution in [2.45, 2.75) is 6.18 Å². The van der Waals surface area contributed by atoms with Gasteiger partial charge in [0.15, 0.2) is 5.78 Å². The van der Waals surface area contributed by atoms with Crippen molar-refractivity contribution >= 4 is 11.8 Å². The molecule has 0 unspecified atom stereocenters. The average molecular weight is 274 g/mol. The molecule has 0 atom stereocenters. The van der Waals surface area contributed by atoms with Gasteiger partial charge in [0.05, 0.1) is 18.2 Å². The maximum absolute atomic E-state index is 12.5. The number of carboxylic acid groups (broad SMARTS) is 1. The Morgan fingerprint density at radius 2 is 1.89 bits per heavy atom. The van der Waals surface area contributed by atoms with Crippen LogP contribution in [-0.4, -0.2) is 24.0 Å². The van der Waals surface area contributed by atoms with Gasteiger partial charge in [-0.25, -0.2) is 4.79 Å². The molecule has 0 aromatic heterocycles. The van der Waals surface area contributed by atoms with Gasteiger partial charge in [0.25, 0.3) is 0 Å². The molecule has 0 amide bonds. The lowest BCUT2D eigenvalue weighted by atomic mass is 10.1. The van der Waals surface area contributed by atoms with Crippen LogP contribution < -0.4 is 4.74 Å². The first-order valence-electron chi connectivity index (χ1n) is 4.96. The summed E-state index contributed by atoms with van der Waals surface area (Å²) in [7, 11) is 1.12. The summed E-state index contributed by atoms with van der Waals surface area (Å²) in [4.78, 5) is 21.8. The molecule has 0 aliphatic carbocycles. The number of aliphatic carboxylic acids is 1. The molecule has 1 aromatic rings. The van der Waals surface area contributed by atoms with Crippen molar-refractivity contribution in [1.82, 2.24) is 0 Å². The van der Waals surface area contributed by atoms with E-state index in [1.165, 1.54) is 0 Å². The van der Waals surface area contributed by atoms with E-state index in [4.69, 9.17) is 9.84 Å². The first-order chi connectivity index (χ1) is 8.75. The fourth-order valence-electron chi connectivity index (χ4n) is 1.31. The van der Waals surface area contributed by atoms with Crippen LogP contribution in [0.4, 0.5) is 13.2 Å². The van der Waals surface area contributed by atoms with E-state index in [1.807, 2.05) is 0 Å². The molecule has 0 heterocycles. The van der Waals surface area contributed by atoms with E-state index >= 15 is 0 Å². The van der Waals surface area contributed by atoms with Gasteiger partial charge >= 0.3 is 12.1 Å². The Hall–Kier alpha value is -2.31. The van der Waals surface area contributed by atoms with Crippen LogP contribution in [0.15, 0.2) is 30.4 Å². The van der Waals surface area contributed by atoms with Crippen LogP contribution in [0.1, 0.15) is 15.9 Å². The number of allylic oxidation sites excluding steroid dienone is 1. The van der Waals surface area contributed by atoms with Crippen LogP contribution >= 0.6 is 0 Å². The number of benzene rings is 1. The van der Waals surface area contributed by atoms with Crippen LogP contribution in [0.25, 0.3) is 0 Å². The molecule has 0 aliphatic rings. The quantitative estimate of drug-likeness (QED) is 0.677. The van der Waals surface area contributed by atoms with Gasteiger partial charge in [-0.05, 0) is 24.3 Å². The summed E-state index contributed by atoms with van der Waals surface area (Å²) in [5.74, 6) is -2.36. The number of ether oxygens (including phenoxy) is 1. The molecular weight excluding hydrogens is 265 g/mol. The summed E-state index contributed by atoms with van der Waals surface area (Å²) >= 11 is 0. The molecule has 0 spiro atoms. The third-order valence-corrected chi connectivity index (χ3v) is 2.17. The number of alkyl halides is 3. The van der Waals surface area contributed by atoms with Crippen LogP contribution in [0.2, 0.25) is 0 Å². The van der Waals surface area contributed by atoms with E-state index in [-0.39, 0.29) is 11.3 Å². The van der Waals surface area contributed by atoms with E-state index in [2.05, 4.69) is 0 Å². The molecule has 0 radical (unpaired) electrons. The number of methoxy groups -OCH3 is 1. The number of ketones is 1. The second kappa shape index (κ2) is 5.55. The van der Waals surface area contributed by atoms with Crippen molar-refractivity contribution < 1.29 is 32.6 Å². The van der Waals surface area contributed by atoms with E-state index in [1.54, 1.807) is 0 Å². The average Bonchev–Trinajstić information content (AvgIpc) is 2.33. The van der Waals surface area contributed by atoms with Crippen molar-refractivity contribution in [3.63, 3.8) is 0 Å². The fourth-order valence-corrected chi connectivity index (χ4v) is 1.31. The van der Waals surface area contributed by atoms with Gasteiger partial charge in [-0.1, -0.05) is 0 Å². The third kappa shape index (κ3) is 3.84. The summed E-state index contributed by atoms with van der Waals surface area (Å²) in [6.45, 7) is 0. The summed E-state index contributed by atoms with van der Waals surface area (Å²) in [5, 5.41) is 8.37. The molecule has 102 valence electrons. The molecule has 1 rings (SSSR count). The zero-order valence-electron chi connectivity index (χ0n) is 9.69. The highest BCUT2D eigenvalue weighted by Gasteiger charge is 2.31. The van der Waals surface area contributed by atoms with Crippen LogP contribution in [0.3, 0.4) is 0 Å². The Morgan fingerprint density at radius 3 is 2.37 bits per heavy atom. The molecule has 7 heteroatoms. The van der Waals surface area contributed by atoms with Crippen molar-refractivity contribution in [2.24, 2.45) is 0 Å². The van der Waals surface area contributed by atoms with Gasteiger partial charge in [-0.15, -0.1) is 0 Å². The van der Waals surface area contributed by atoms with Gasteiger partial charge in [-0.2, -0.15) is 13.2 Å². The van der Waals surface area contributed by atoms with E-state index < -0.39 is 23.5 Å². The highest BCUT2D eigenvalue weighted by atomic mass is 19.4. The fraction of sp³-hybridized carbons (Fsp3) is 0.167. The highest BCUT2D eigenvalue weighted by Crippen LogP contribution is 2.33.